The summed E-state index contributed by atoms with van der Waals surface area (Å²) in [7, 11) is -1.14. The number of nitrogens with one attached hydrogen (secondary N) is 1. The molecule has 1 aliphatic rings. The molecule has 0 atom stereocenters. The number of carbonyl (C=O) groups excluding carboxylic acids is 1. The summed E-state index contributed by atoms with van der Waals surface area (Å²) in [6, 6.07) is 12.9. The molecule has 2 aromatic rings. The first-order valence-electron chi connectivity index (χ1n) is 10.2. The Bertz CT molecular complexity index is 1190. The maximum atomic E-state index is 12.7. The molecule has 2 aromatic carbocycles. The number of nitro benzene ring substituents is 1. The van der Waals surface area contributed by atoms with E-state index >= 15 is 0 Å². The molecule has 1 heterocycles. The molecule has 174 valence electrons. The van der Waals surface area contributed by atoms with Gasteiger partial charge in [0, 0.05) is 51.4 Å². The molecule has 3 rings (SSSR count). The van der Waals surface area contributed by atoms with Crippen LogP contribution in [-0.2, 0) is 21.4 Å². The largest absolute Gasteiger partial charge is 0.368 e. The van der Waals surface area contributed by atoms with Crippen molar-refractivity contribution < 1.29 is 18.1 Å². The summed E-state index contributed by atoms with van der Waals surface area (Å²) in [5, 5.41) is 14.4. The molecule has 0 aromatic heterocycles. The van der Waals surface area contributed by atoms with Gasteiger partial charge in [-0.1, -0.05) is 42.5 Å². The molecule has 0 saturated carbocycles. The van der Waals surface area contributed by atoms with E-state index in [4.69, 9.17) is 0 Å². The number of nitro groups is 1. The summed E-state index contributed by atoms with van der Waals surface area (Å²) >= 11 is 0. The lowest BCUT2D eigenvalue weighted by Gasteiger charge is -2.17. The van der Waals surface area contributed by atoms with Gasteiger partial charge in [0.25, 0.3) is 5.69 Å². The molecule has 0 radical (unpaired) electrons. The average Bonchev–Trinajstić information content (AvgIpc) is 3.34. The number of amidine groups is 1. The second kappa shape index (κ2) is 10.4. The van der Waals surface area contributed by atoms with Gasteiger partial charge in [-0.25, -0.2) is 8.42 Å². The Hall–Kier alpha value is -3.57. The van der Waals surface area contributed by atoms with Crippen molar-refractivity contribution in [3.05, 3.63) is 81.9 Å². The average molecular weight is 472 g/mol. The molecule has 0 saturated heterocycles. The first-order valence-corrected chi connectivity index (χ1v) is 11.6. The van der Waals surface area contributed by atoms with Crippen LogP contribution in [0.5, 0.6) is 0 Å². The fourth-order valence-corrected chi connectivity index (χ4v) is 4.51. The van der Waals surface area contributed by atoms with Crippen molar-refractivity contribution in [2.24, 2.45) is 4.99 Å². The highest BCUT2D eigenvalue weighted by molar-refractivity contribution is 7.89. The quantitative estimate of drug-likeness (QED) is 0.338. The topological polar surface area (TPSA) is 125 Å². The molecule has 1 N–H and O–H groups in total. The zero-order valence-electron chi connectivity index (χ0n) is 18.3. The molecule has 0 spiro atoms. The highest BCUT2D eigenvalue weighted by Crippen LogP contribution is 2.25. The number of likely N-dealkylation sites (N-methyl/N-ethyl adjacent to an activating group) is 2. The van der Waals surface area contributed by atoms with Crippen molar-refractivity contribution >= 4 is 27.5 Å². The monoisotopic (exact) mass is 471 g/mol. The number of sulfonamides is 1. The number of benzene rings is 2. The van der Waals surface area contributed by atoms with Crippen LogP contribution in [0.15, 0.2) is 70.6 Å². The number of amides is 1. The second-order valence-electron chi connectivity index (χ2n) is 7.46. The van der Waals surface area contributed by atoms with Crippen LogP contribution in [0.4, 0.5) is 5.69 Å². The minimum absolute atomic E-state index is 0.113. The molecule has 0 aliphatic carbocycles. The van der Waals surface area contributed by atoms with E-state index in [-0.39, 0.29) is 12.5 Å². The number of hydrogen-bond acceptors (Lipinski definition) is 7. The Kier molecular flexibility index (Phi) is 7.56. The van der Waals surface area contributed by atoms with Gasteiger partial charge in [0.15, 0.2) is 4.90 Å². The number of rotatable bonds is 9. The predicted octanol–water partition coefficient (Wildman–Crippen LogP) is 1.78. The van der Waals surface area contributed by atoms with Crippen LogP contribution >= 0.6 is 0 Å². The van der Waals surface area contributed by atoms with Gasteiger partial charge in [0.2, 0.25) is 15.9 Å². The molecule has 0 bridgehead atoms. The fraction of sp³-hybridized carbons (Fsp3) is 0.273. The van der Waals surface area contributed by atoms with E-state index in [1.165, 1.54) is 42.3 Å². The lowest BCUT2D eigenvalue weighted by atomic mass is 10.1. The van der Waals surface area contributed by atoms with Gasteiger partial charge in [0.1, 0.15) is 5.84 Å². The molecular weight excluding hydrogens is 446 g/mol. The third kappa shape index (κ3) is 5.82. The van der Waals surface area contributed by atoms with E-state index in [9.17, 15) is 23.3 Å². The van der Waals surface area contributed by atoms with Crippen molar-refractivity contribution in [2.45, 2.75) is 11.4 Å². The number of carbonyl (C=O) groups is 1. The summed E-state index contributed by atoms with van der Waals surface area (Å²) < 4.78 is 26.4. The van der Waals surface area contributed by atoms with Crippen molar-refractivity contribution in [3.8, 4) is 0 Å². The molecule has 0 fully saturated rings. The Morgan fingerprint density at radius 1 is 1.18 bits per heavy atom. The molecule has 0 unspecified atom stereocenters. The zero-order chi connectivity index (χ0) is 24.0. The van der Waals surface area contributed by atoms with Gasteiger partial charge in [-0.3, -0.25) is 19.9 Å². The maximum absolute atomic E-state index is 12.7. The van der Waals surface area contributed by atoms with Crippen LogP contribution in [0.25, 0.3) is 0 Å². The minimum atomic E-state index is -4.09. The zero-order valence-corrected chi connectivity index (χ0v) is 19.2. The van der Waals surface area contributed by atoms with Crippen molar-refractivity contribution in [2.75, 3.05) is 33.7 Å². The van der Waals surface area contributed by atoms with E-state index in [1.807, 2.05) is 24.3 Å². The molecule has 1 amide bonds. The van der Waals surface area contributed by atoms with Gasteiger partial charge in [0.05, 0.1) is 11.5 Å². The lowest BCUT2D eigenvalue weighted by molar-refractivity contribution is -0.387. The van der Waals surface area contributed by atoms with E-state index in [1.54, 1.807) is 7.05 Å². The van der Waals surface area contributed by atoms with E-state index in [0.29, 0.717) is 6.54 Å². The van der Waals surface area contributed by atoms with E-state index in [2.05, 4.69) is 10.3 Å². The van der Waals surface area contributed by atoms with Crippen LogP contribution in [0.3, 0.4) is 0 Å². The lowest BCUT2D eigenvalue weighted by Crippen LogP contribution is -2.28. The smallest absolute Gasteiger partial charge is 0.289 e. The number of aliphatic imine (C=N–C) groups is 1. The Morgan fingerprint density at radius 3 is 2.52 bits per heavy atom. The fourth-order valence-electron chi connectivity index (χ4n) is 3.23. The summed E-state index contributed by atoms with van der Waals surface area (Å²) in [6.45, 7) is 1.87. The van der Waals surface area contributed by atoms with E-state index < -0.39 is 25.5 Å². The highest BCUT2D eigenvalue weighted by atomic mass is 32.2. The van der Waals surface area contributed by atoms with Gasteiger partial charge < -0.3 is 10.2 Å². The number of nitrogens with zero attached hydrogens (tertiary/aromatic N) is 4. The van der Waals surface area contributed by atoms with Gasteiger partial charge in [-0.05, 0) is 11.6 Å². The SMILES string of the molecule is CN(Cc1ccc(C2=NCCN2)cc1)C(=O)C=CCN(C)S(=O)(=O)c1ccccc1[N+](=O)[O-]. The van der Waals surface area contributed by atoms with Crippen LogP contribution < -0.4 is 5.32 Å². The summed E-state index contributed by atoms with van der Waals surface area (Å²) in [4.78, 5) is 28.3. The maximum Gasteiger partial charge on any atom is 0.289 e. The first kappa shape index (κ1) is 24.1. The molecular formula is C22H25N5O5S. The third-order valence-electron chi connectivity index (χ3n) is 5.07. The molecule has 10 nitrogen and oxygen atoms in total. The minimum Gasteiger partial charge on any atom is -0.368 e. The van der Waals surface area contributed by atoms with Crippen LogP contribution in [-0.4, -0.2) is 68.0 Å². The normalized spacial score (nSPS) is 13.7. The second-order valence-corrected chi connectivity index (χ2v) is 9.47. The molecule has 33 heavy (non-hydrogen) atoms. The number of para-hydroxylation sites is 1. The Labute approximate surface area is 192 Å². The van der Waals surface area contributed by atoms with Crippen molar-refractivity contribution in [1.29, 1.82) is 0 Å². The molecule has 11 heteroatoms. The summed E-state index contributed by atoms with van der Waals surface area (Å²) in [6.07, 6.45) is 2.70. The van der Waals surface area contributed by atoms with Gasteiger partial charge in [-0.15, -0.1) is 0 Å². The van der Waals surface area contributed by atoms with E-state index in [0.717, 1.165) is 40.4 Å². The Morgan fingerprint density at radius 2 is 1.88 bits per heavy atom. The molecule has 1 aliphatic heterocycles. The standard InChI is InChI=1S/C22H25N5O5S/c1-25(16-17-9-11-18(12-10-17)22-23-13-14-24-22)21(28)8-5-15-26(2)33(31,32)20-7-4-3-6-19(20)27(29)30/h3-12H,13-16H2,1-2H3,(H,23,24). The first-order chi connectivity index (χ1) is 15.7. The Balaban J connectivity index is 1.58. The van der Waals surface area contributed by atoms with Crippen molar-refractivity contribution in [1.82, 2.24) is 14.5 Å². The van der Waals surface area contributed by atoms with Gasteiger partial charge in [-0.2, -0.15) is 4.31 Å². The highest BCUT2D eigenvalue weighted by Gasteiger charge is 2.28. The van der Waals surface area contributed by atoms with Crippen LogP contribution in [0, 0.1) is 10.1 Å². The van der Waals surface area contributed by atoms with Crippen molar-refractivity contribution in [3.63, 3.8) is 0 Å². The summed E-state index contributed by atoms with van der Waals surface area (Å²) in [5.41, 5.74) is 1.44. The van der Waals surface area contributed by atoms with Crippen LogP contribution in [0.1, 0.15) is 11.1 Å². The predicted molar refractivity (Wildman–Crippen MR) is 124 cm³/mol. The third-order valence-corrected chi connectivity index (χ3v) is 6.94. The van der Waals surface area contributed by atoms with Crippen LogP contribution in [0.2, 0.25) is 0 Å². The number of hydrogen-bond donors (Lipinski definition) is 1. The van der Waals surface area contributed by atoms with Gasteiger partial charge >= 0.3 is 0 Å². The summed E-state index contributed by atoms with van der Waals surface area (Å²) in [5.74, 6) is 0.575.